The summed E-state index contributed by atoms with van der Waals surface area (Å²) in [6.45, 7) is 2.42. The van der Waals surface area contributed by atoms with Crippen molar-refractivity contribution in [1.29, 1.82) is 0 Å². The molecule has 0 amide bonds. The number of hydrogen-bond donors (Lipinski definition) is 0. The van der Waals surface area contributed by atoms with Crippen molar-refractivity contribution in [2.24, 2.45) is 0 Å². The van der Waals surface area contributed by atoms with E-state index in [1.54, 1.807) is 0 Å². The second-order valence-electron chi connectivity index (χ2n) is 6.16. The number of nitrogens with zero attached hydrogens (tertiary/aromatic N) is 2. The molecule has 11 heteroatoms. The molecule has 0 aliphatic heterocycles. The van der Waals surface area contributed by atoms with Crippen molar-refractivity contribution in [2.75, 3.05) is 0 Å². The zero-order valence-electron chi connectivity index (χ0n) is 15.4. The van der Waals surface area contributed by atoms with Crippen LogP contribution in [0.4, 0.5) is 22.0 Å². The van der Waals surface area contributed by atoms with Gasteiger partial charge in [0.1, 0.15) is 11.5 Å². The number of ketones is 1. The highest BCUT2D eigenvalue weighted by molar-refractivity contribution is 6.31. The fraction of sp³-hybridized carbons (Fsp3) is 0.211. The first-order valence-corrected chi connectivity index (χ1v) is 8.72. The molecule has 3 aromatic rings. The quantitative estimate of drug-likeness (QED) is 0.353. The third kappa shape index (κ3) is 4.28. The second kappa shape index (κ2) is 8.02. The van der Waals surface area contributed by atoms with Crippen molar-refractivity contribution >= 4 is 17.4 Å². The largest absolute Gasteiger partial charge is 0.478 e. The molecule has 3 rings (SSSR count). The molecule has 0 radical (unpaired) electrons. The maximum Gasteiger partial charge on any atom is 0.417 e. The monoisotopic (exact) mass is 446 g/mol. The summed E-state index contributed by atoms with van der Waals surface area (Å²) in [6, 6.07) is 3.75. The molecule has 1 aromatic carbocycles. The first-order valence-electron chi connectivity index (χ1n) is 8.34. The summed E-state index contributed by atoms with van der Waals surface area (Å²) in [7, 11) is 0. The van der Waals surface area contributed by atoms with Crippen molar-refractivity contribution < 1.29 is 35.9 Å². The van der Waals surface area contributed by atoms with Crippen LogP contribution in [0.25, 0.3) is 11.4 Å². The maximum absolute atomic E-state index is 14.4. The number of benzene rings is 1. The van der Waals surface area contributed by atoms with Crippen LogP contribution in [-0.2, 0) is 6.18 Å². The summed E-state index contributed by atoms with van der Waals surface area (Å²) < 4.78 is 76.6. The Morgan fingerprint density at radius 2 is 1.90 bits per heavy atom. The number of Topliss-reactive ketones (excluding diaryl/α,β-unsaturated/α-hetero) is 1. The van der Waals surface area contributed by atoms with Gasteiger partial charge in [-0.05, 0) is 49.7 Å². The van der Waals surface area contributed by atoms with E-state index in [1.165, 1.54) is 6.92 Å². The van der Waals surface area contributed by atoms with Crippen molar-refractivity contribution in [2.45, 2.75) is 26.1 Å². The van der Waals surface area contributed by atoms with Crippen molar-refractivity contribution in [3.05, 3.63) is 64.3 Å². The molecule has 0 aliphatic rings. The molecular weight excluding hydrogens is 435 g/mol. The van der Waals surface area contributed by atoms with Gasteiger partial charge in [0.2, 0.25) is 11.1 Å². The molecule has 0 saturated carbocycles. The van der Waals surface area contributed by atoms with E-state index < -0.39 is 46.6 Å². The van der Waals surface area contributed by atoms with E-state index in [0.717, 1.165) is 31.2 Å². The van der Waals surface area contributed by atoms with Crippen molar-refractivity contribution in [3.8, 4) is 17.1 Å². The number of carbonyl (C=O) groups is 1. The lowest BCUT2D eigenvalue weighted by Crippen LogP contribution is -2.09. The predicted molar refractivity (Wildman–Crippen MR) is 95.2 cm³/mol. The van der Waals surface area contributed by atoms with Crippen LogP contribution in [0.15, 0.2) is 34.9 Å². The van der Waals surface area contributed by atoms with Crippen LogP contribution >= 0.6 is 11.6 Å². The average molecular weight is 447 g/mol. The van der Waals surface area contributed by atoms with Gasteiger partial charge in [0, 0.05) is 6.20 Å². The van der Waals surface area contributed by atoms with Gasteiger partial charge in [-0.2, -0.15) is 13.2 Å². The molecule has 2 heterocycles. The van der Waals surface area contributed by atoms with Crippen LogP contribution in [-0.4, -0.2) is 15.8 Å². The topological polar surface area (TPSA) is 65.2 Å². The van der Waals surface area contributed by atoms with Gasteiger partial charge in [-0.3, -0.25) is 9.78 Å². The molecule has 5 nitrogen and oxygen atoms in total. The van der Waals surface area contributed by atoms with E-state index in [9.17, 15) is 26.7 Å². The SMILES string of the molecule is CC(=O)c1c(F)ccc(OC(C)c2nc(-c3ccc(C(F)(F)F)cn3)c(Cl)o2)c1F. The lowest BCUT2D eigenvalue weighted by molar-refractivity contribution is -0.137. The van der Waals surface area contributed by atoms with Gasteiger partial charge in [0.25, 0.3) is 0 Å². The second-order valence-corrected chi connectivity index (χ2v) is 6.50. The summed E-state index contributed by atoms with van der Waals surface area (Å²) in [5.74, 6) is -3.59. The molecule has 0 bridgehead atoms. The summed E-state index contributed by atoms with van der Waals surface area (Å²) in [6.07, 6.45) is -4.97. The minimum Gasteiger partial charge on any atom is -0.478 e. The van der Waals surface area contributed by atoms with Crippen LogP contribution in [0.5, 0.6) is 5.75 Å². The van der Waals surface area contributed by atoms with Gasteiger partial charge in [-0.15, -0.1) is 0 Å². The lowest BCUT2D eigenvalue weighted by Gasteiger charge is -2.13. The van der Waals surface area contributed by atoms with Crippen molar-refractivity contribution in [1.82, 2.24) is 9.97 Å². The van der Waals surface area contributed by atoms with Crippen LogP contribution in [0.2, 0.25) is 5.22 Å². The zero-order valence-corrected chi connectivity index (χ0v) is 16.1. The van der Waals surface area contributed by atoms with E-state index in [-0.39, 0.29) is 22.5 Å². The summed E-state index contributed by atoms with van der Waals surface area (Å²) in [5.41, 5.74) is -1.72. The van der Waals surface area contributed by atoms with Gasteiger partial charge in [-0.1, -0.05) is 0 Å². The maximum atomic E-state index is 14.4. The van der Waals surface area contributed by atoms with Gasteiger partial charge >= 0.3 is 6.18 Å². The number of pyridine rings is 1. The Hall–Kier alpha value is -3.01. The van der Waals surface area contributed by atoms with Crippen LogP contribution in [0, 0.1) is 11.6 Å². The summed E-state index contributed by atoms with van der Waals surface area (Å²) >= 11 is 5.96. The third-order valence-corrected chi connectivity index (χ3v) is 4.25. The smallest absolute Gasteiger partial charge is 0.417 e. The fourth-order valence-electron chi connectivity index (χ4n) is 2.54. The molecule has 0 aliphatic carbocycles. The van der Waals surface area contributed by atoms with E-state index in [1.807, 2.05) is 0 Å². The standard InChI is InChI=1S/C19H12ClF5N2O3/c1-8(28)14-11(21)4-6-13(15(14)22)29-9(2)18-27-16(17(20)30-18)12-5-3-10(7-26-12)19(23,24)25/h3-7,9H,1-2H3. The summed E-state index contributed by atoms with van der Waals surface area (Å²) in [4.78, 5) is 19.1. The number of aromatic nitrogens is 2. The number of hydrogen-bond acceptors (Lipinski definition) is 5. The Morgan fingerprint density at radius 3 is 2.47 bits per heavy atom. The Labute approximate surface area is 171 Å². The summed E-state index contributed by atoms with van der Waals surface area (Å²) in [5, 5.41) is -0.267. The highest BCUT2D eigenvalue weighted by Crippen LogP contribution is 2.34. The minimum absolute atomic E-state index is 0.0158. The normalized spacial score (nSPS) is 12.7. The number of oxazole rings is 1. The Balaban J connectivity index is 1.87. The highest BCUT2D eigenvalue weighted by Gasteiger charge is 2.31. The number of carbonyl (C=O) groups excluding carboxylic acids is 1. The number of rotatable bonds is 5. The Bertz CT molecular complexity index is 1100. The van der Waals surface area contributed by atoms with Gasteiger partial charge in [0.05, 0.1) is 16.8 Å². The zero-order chi connectivity index (χ0) is 22.2. The van der Waals surface area contributed by atoms with E-state index >= 15 is 0 Å². The molecular formula is C19H12ClF5N2O3. The van der Waals surface area contributed by atoms with Crippen molar-refractivity contribution in [3.63, 3.8) is 0 Å². The molecule has 0 spiro atoms. The molecule has 0 N–H and O–H groups in total. The van der Waals surface area contributed by atoms with Gasteiger partial charge < -0.3 is 9.15 Å². The fourth-order valence-corrected chi connectivity index (χ4v) is 2.76. The number of alkyl halides is 3. The average Bonchev–Trinajstić information content (AvgIpc) is 3.05. The molecule has 30 heavy (non-hydrogen) atoms. The Kier molecular flexibility index (Phi) is 5.80. The van der Waals surface area contributed by atoms with E-state index in [4.69, 9.17) is 20.8 Å². The van der Waals surface area contributed by atoms with Crippen LogP contribution in [0.3, 0.4) is 0 Å². The first kappa shape index (κ1) is 21.7. The first-order chi connectivity index (χ1) is 14.0. The lowest BCUT2D eigenvalue weighted by atomic mass is 10.1. The Morgan fingerprint density at radius 1 is 1.20 bits per heavy atom. The van der Waals surface area contributed by atoms with Gasteiger partial charge in [0.15, 0.2) is 23.5 Å². The van der Waals surface area contributed by atoms with Crippen LogP contribution in [0.1, 0.15) is 41.8 Å². The molecule has 0 fully saturated rings. The highest BCUT2D eigenvalue weighted by atomic mass is 35.5. The predicted octanol–water partition coefficient (Wildman–Crippen LogP) is 6.03. The number of ether oxygens (including phenoxy) is 1. The third-order valence-electron chi connectivity index (χ3n) is 4.00. The van der Waals surface area contributed by atoms with Crippen LogP contribution < -0.4 is 4.74 Å². The minimum atomic E-state index is -4.55. The molecule has 0 saturated heterocycles. The molecule has 2 aromatic heterocycles. The molecule has 1 unspecified atom stereocenters. The molecule has 158 valence electrons. The van der Waals surface area contributed by atoms with E-state index in [2.05, 4.69) is 9.97 Å². The van der Waals surface area contributed by atoms with Gasteiger partial charge in [-0.25, -0.2) is 13.8 Å². The number of halogens is 6. The molecule has 1 atom stereocenters. The van der Waals surface area contributed by atoms with E-state index in [0.29, 0.717) is 6.20 Å².